The van der Waals surface area contributed by atoms with Gasteiger partial charge in [0.05, 0.1) is 12.1 Å². The zero-order chi connectivity index (χ0) is 20.4. The van der Waals surface area contributed by atoms with Crippen molar-refractivity contribution < 1.29 is 9.90 Å². The molecule has 2 rings (SSSR count). The highest BCUT2D eigenvalue weighted by Gasteiger charge is 2.25. The van der Waals surface area contributed by atoms with E-state index < -0.39 is 0 Å². The fraction of sp³-hybridized carbons (Fsp3) is 0.619. The van der Waals surface area contributed by atoms with E-state index in [0.29, 0.717) is 19.0 Å². The van der Waals surface area contributed by atoms with Crippen LogP contribution in [-0.2, 0) is 0 Å². The number of benzene rings is 1. The van der Waals surface area contributed by atoms with Gasteiger partial charge in [0.1, 0.15) is 5.75 Å². The van der Waals surface area contributed by atoms with Crippen LogP contribution in [0.1, 0.15) is 37.6 Å². The molecule has 3 N–H and O–H groups in total. The number of hydrogen-bond donors (Lipinski definition) is 3. The molecule has 1 aliphatic rings. The third-order valence-electron chi connectivity index (χ3n) is 5.14. The smallest absolute Gasteiger partial charge is 0.255 e. The lowest BCUT2D eigenvalue weighted by Crippen LogP contribution is -2.41. The minimum Gasteiger partial charge on any atom is -0.507 e. The van der Waals surface area contributed by atoms with Crippen molar-refractivity contribution in [2.75, 3.05) is 52.4 Å². The number of aliphatic imine (C=N–C) groups is 1. The number of rotatable bonds is 9. The van der Waals surface area contributed by atoms with Gasteiger partial charge in [0, 0.05) is 32.7 Å². The molecular formula is C21H35N5O2. The highest BCUT2D eigenvalue weighted by Crippen LogP contribution is 2.18. The molecule has 1 saturated heterocycles. The summed E-state index contributed by atoms with van der Waals surface area (Å²) in [6, 6.07) is 6.55. The Morgan fingerprint density at radius 1 is 1.25 bits per heavy atom. The number of amides is 1. The molecule has 1 unspecified atom stereocenters. The summed E-state index contributed by atoms with van der Waals surface area (Å²) < 4.78 is 0. The largest absolute Gasteiger partial charge is 0.507 e. The van der Waals surface area contributed by atoms with Crippen LogP contribution < -0.4 is 10.6 Å². The maximum atomic E-state index is 12.1. The van der Waals surface area contributed by atoms with E-state index in [9.17, 15) is 9.90 Å². The van der Waals surface area contributed by atoms with E-state index in [2.05, 4.69) is 46.2 Å². The minimum absolute atomic E-state index is 0.00634. The molecule has 0 spiro atoms. The number of aromatic hydroxyl groups is 1. The third-order valence-corrected chi connectivity index (χ3v) is 5.14. The lowest BCUT2D eigenvalue weighted by atomic mass is 10.1. The average molecular weight is 390 g/mol. The second-order valence-electron chi connectivity index (χ2n) is 7.10. The summed E-state index contributed by atoms with van der Waals surface area (Å²) in [5, 5.41) is 15.9. The fourth-order valence-electron chi connectivity index (χ4n) is 3.54. The lowest BCUT2D eigenvalue weighted by Gasteiger charge is -2.24. The Hall–Kier alpha value is -2.28. The van der Waals surface area contributed by atoms with Crippen LogP contribution in [0.2, 0.25) is 0 Å². The van der Waals surface area contributed by atoms with Crippen molar-refractivity contribution in [3.8, 4) is 5.75 Å². The second kappa shape index (κ2) is 11.5. The SMILES string of the molecule is CCNC(=NCCNC(=O)c1ccccc1O)N1CCC(CN(CC)CC)C1. The molecule has 1 aromatic carbocycles. The Balaban J connectivity index is 1.84. The molecule has 1 amide bonds. The average Bonchev–Trinajstić information content (AvgIpc) is 3.17. The molecule has 156 valence electrons. The Morgan fingerprint density at radius 3 is 2.68 bits per heavy atom. The van der Waals surface area contributed by atoms with Gasteiger partial charge in [0.15, 0.2) is 5.96 Å². The Kier molecular flexibility index (Phi) is 9.07. The molecule has 1 aliphatic heterocycles. The van der Waals surface area contributed by atoms with Crippen molar-refractivity contribution >= 4 is 11.9 Å². The highest BCUT2D eigenvalue weighted by molar-refractivity contribution is 5.96. The maximum absolute atomic E-state index is 12.1. The number of guanidine groups is 1. The van der Waals surface area contributed by atoms with Crippen molar-refractivity contribution in [1.29, 1.82) is 0 Å². The van der Waals surface area contributed by atoms with Crippen molar-refractivity contribution in [3.63, 3.8) is 0 Å². The summed E-state index contributed by atoms with van der Waals surface area (Å²) in [4.78, 5) is 21.6. The van der Waals surface area contributed by atoms with E-state index in [0.717, 1.165) is 45.2 Å². The lowest BCUT2D eigenvalue weighted by molar-refractivity contribution is 0.0952. The molecule has 0 bridgehead atoms. The molecule has 1 heterocycles. The van der Waals surface area contributed by atoms with E-state index in [1.807, 2.05) is 0 Å². The van der Waals surface area contributed by atoms with Crippen LogP contribution >= 0.6 is 0 Å². The molecule has 1 fully saturated rings. The summed E-state index contributed by atoms with van der Waals surface area (Å²) >= 11 is 0. The Morgan fingerprint density at radius 2 is 2.00 bits per heavy atom. The molecule has 7 nitrogen and oxygen atoms in total. The monoisotopic (exact) mass is 389 g/mol. The number of hydrogen-bond acceptors (Lipinski definition) is 4. The molecule has 1 atom stereocenters. The molecule has 1 aromatic rings. The van der Waals surface area contributed by atoms with E-state index >= 15 is 0 Å². The van der Waals surface area contributed by atoms with Crippen LogP contribution in [0.25, 0.3) is 0 Å². The summed E-state index contributed by atoms with van der Waals surface area (Å²) in [7, 11) is 0. The van der Waals surface area contributed by atoms with Gasteiger partial charge >= 0.3 is 0 Å². The normalized spacial score (nSPS) is 17.2. The summed E-state index contributed by atoms with van der Waals surface area (Å²) in [6.45, 7) is 13.6. The number of carbonyl (C=O) groups is 1. The van der Waals surface area contributed by atoms with Gasteiger partial charge in [-0.2, -0.15) is 0 Å². The first kappa shape index (κ1) is 22.0. The van der Waals surface area contributed by atoms with Gasteiger partial charge < -0.3 is 25.5 Å². The second-order valence-corrected chi connectivity index (χ2v) is 7.10. The van der Waals surface area contributed by atoms with Gasteiger partial charge in [0.2, 0.25) is 0 Å². The van der Waals surface area contributed by atoms with Crippen LogP contribution in [0.5, 0.6) is 5.75 Å². The third kappa shape index (κ3) is 6.41. The van der Waals surface area contributed by atoms with Gasteiger partial charge in [-0.3, -0.25) is 9.79 Å². The molecule has 0 aromatic heterocycles. The van der Waals surface area contributed by atoms with E-state index in [-0.39, 0.29) is 17.2 Å². The Labute approximate surface area is 168 Å². The van der Waals surface area contributed by atoms with E-state index in [1.165, 1.54) is 12.5 Å². The number of carbonyl (C=O) groups excluding carboxylic acids is 1. The number of likely N-dealkylation sites (tertiary alicyclic amines) is 1. The Bertz CT molecular complexity index is 645. The van der Waals surface area contributed by atoms with Gasteiger partial charge in [-0.1, -0.05) is 26.0 Å². The molecule has 0 aliphatic carbocycles. The zero-order valence-corrected chi connectivity index (χ0v) is 17.4. The highest BCUT2D eigenvalue weighted by atomic mass is 16.3. The predicted octanol–water partition coefficient (Wildman–Crippen LogP) is 1.75. The topological polar surface area (TPSA) is 80.2 Å². The number of para-hydroxylation sites is 1. The van der Waals surface area contributed by atoms with Gasteiger partial charge in [-0.15, -0.1) is 0 Å². The fourth-order valence-corrected chi connectivity index (χ4v) is 3.54. The number of phenolic OH excluding ortho intramolecular Hbond substituents is 1. The van der Waals surface area contributed by atoms with E-state index in [1.54, 1.807) is 18.2 Å². The van der Waals surface area contributed by atoms with Crippen LogP contribution in [0.4, 0.5) is 0 Å². The van der Waals surface area contributed by atoms with Crippen molar-refractivity contribution in [2.24, 2.45) is 10.9 Å². The molecular weight excluding hydrogens is 354 g/mol. The van der Waals surface area contributed by atoms with Gasteiger partial charge in [0.25, 0.3) is 5.91 Å². The van der Waals surface area contributed by atoms with Crippen LogP contribution in [0, 0.1) is 5.92 Å². The van der Waals surface area contributed by atoms with Crippen LogP contribution in [0.15, 0.2) is 29.3 Å². The van der Waals surface area contributed by atoms with Crippen molar-refractivity contribution in [2.45, 2.75) is 27.2 Å². The first-order chi connectivity index (χ1) is 13.6. The van der Waals surface area contributed by atoms with E-state index in [4.69, 9.17) is 0 Å². The number of phenols is 1. The minimum atomic E-state index is -0.279. The van der Waals surface area contributed by atoms with Crippen LogP contribution in [-0.4, -0.2) is 79.1 Å². The summed E-state index contributed by atoms with van der Waals surface area (Å²) in [6.07, 6.45) is 1.19. The predicted molar refractivity (Wildman–Crippen MR) is 114 cm³/mol. The maximum Gasteiger partial charge on any atom is 0.255 e. The van der Waals surface area contributed by atoms with Gasteiger partial charge in [-0.25, -0.2) is 0 Å². The first-order valence-electron chi connectivity index (χ1n) is 10.4. The molecule has 28 heavy (non-hydrogen) atoms. The quantitative estimate of drug-likeness (QED) is 0.341. The number of nitrogens with zero attached hydrogens (tertiary/aromatic N) is 3. The van der Waals surface area contributed by atoms with Gasteiger partial charge in [-0.05, 0) is 44.5 Å². The molecule has 0 saturated carbocycles. The zero-order valence-electron chi connectivity index (χ0n) is 17.4. The summed E-state index contributed by atoms with van der Waals surface area (Å²) in [5.41, 5.74) is 0.289. The van der Waals surface area contributed by atoms with Crippen LogP contribution in [0.3, 0.4) is 0 Å². The van der Waals surface area contributed by atoms with Crippen molar-refractivity contribution in [3.05, 3.63) is 29.8 Å². The first-order valence-corrected chi connectivity index (χ1v) is 10.4. The molecule has 0 radical (unpaired) electrons. The molecule has 7 heteroatoms. The number of nitrogens with one attached hydrogen (secondary N) is 2. The standard InChI is InChI=1S/C21H35N5O2/c1-4-22-21(26-14-11-17(16-26)15-25(5-2)6-3)24-13-12-23-20(28)18-9-7-8-10-19(18)27/h7-10,17,27H,4-6,11-16H2,1-3H3,(H,22,24)(H,23,28). The summed E-state index contributed by atoms with van der Waals surface area (Å²) in [5.74, 6) is 1.30. The van der Waals surface area contributed by atoms with Crippen molar-refractivity contribution in [1.82, 2.24) is 20.4 Å².